The monoisotopic (exact) mass is 436 g/mol. The average Bonchev–Trinajstić information content (AvgIpc) is 3.18. The van der Waals surface area contributed by atoms with Crippen molar-refractivity contribution in [3.05, 3.63) is 70.6 Å². The minimum Gasteiger partial charge on any atom is -0.356 e. The van der Waals surface area contributed by atoms with E-state index in [0.717, 1.165) is 35.5 Å². The molecule has 0 unspecified atom stereocenters. The lowest BCUT2D eigenvalue weighted by Crippen LogP contribution is -2.26. The van der Waals surface area contributed by atoms with Crippen LogP contribution < -0.4 is 4.90 Å². The number of pyridine rings is 1. The molecule has 0 radical (unpaired) electrons. The molecule has 0 saturated heterocycles. The van der Waals surface area contributed by atoms with E-state index >= 15 is 0 Å². The van der Waals surface area contributed by atoms with Crippen molar-refractivity contribution in [2.45, 2.75) is 33.1 Å². The Morgan fingerprint density at radius 1 is 1.03 bits per heavy atom. The molecule has 0 spiro atoms. The number of benzene rings is 1. The molecule has 0 fully saturated rings. The molecule has 1 aromatic carbocycles. The van der Waals surface area contributed by atoms with Crippen LogP contribution in [-0.2, 0) is 6.42 Å². The first-order valence-corrected chi connectivity index (χ1v) is 11.5. The Labute approximate surface area is 186 Å². The van der Waals surface area contributed by atoms with Crippen LogP contribution in [0.25, 0.3) is 21.3 Å². The SMILES string of the molecule is CCN(CCc1ccncc1)c1nc(Cl)nc2scc(-c3ccc(C(C)C)cc3)c12. The van der Waals surface area contributed by atoms with Crippen molar-refractivity contribution in [2.75, 3.05) is 18.0 Å². The Bertz CT molecular complexity index is 1120. The van der Waals surface area contributed by atoms with Gasteiger partial charge in [-0.3, -0.25) is 4.98 Å². The molecule has 0 saturated carbocycles. The van der Waals surface area contributed by atoms with E-state index in [-0.39, 0.29) is 0 Å². The zero-order chi connectivity index (χ0) is 21.1. The summed E-state index contributed by atoms with van der Waals surface area (Å²) < 4.78 is 0. The number of anilines is 1. The third-order valence-electron chi connectivity index (χ3n) is 5.38. The van der Waals surface area contributed by atoms with Crippen LogP contribution in [0.3, 0.4) is 0 Å². The van der Waals surface area contributed by atoms with Crippen molar-refractivity contribution in [1.29, 1.82) is 0 Å². The minimum absolute atomic E-state index is 0.295. The van der Waals surface area contributed by atoms with Gasteiger partial charge in [-0.15, -0.1) is 11.3 Å². The lowest BCUT2D eigenvalue weighted by molar-refractivity contribution is 0.796. The normalized spacial score (nSPS) is 11.4. The average molecular weight is 437 g/mol. The molecule has 154 valence electrons. The van der Waals surface area contributed by atoms with E-state index in [9.17, 15) is 0 Å². The maximum Gasteiger partial charge on any atom is 0.225 e. The van der Waals surface area contributed by atoms with Crippen molar-refractivity contribution in [3.8, 4) is 11.1 Å². The Balaban J connectivity index is 1.73. The molecule has 0 aliphatic heterocycles. The van der Waals surface area contributed by atoms with Crippen molar-refractivity contribution >= 4 is 39.0 Å². The zero-order valence-electron chi connectivity index (χ0n) is 17.5. The Hall–Kier alpha value is -2.50. The predicted octanol–water partition coefficient (Wildman–Crippen LogP) is 6.60. The molecule has 0 N–H and O–H groups in total. The van der Waals surface area contributed by atoms with Gasteiger partial charge in [0, 0.05) is 36.4 Å². The number of fused-ring (bicyclic) bond motifs is 1. The van der Waals surface area contributed by atoms with Gasteiger partial charge in [-0.2, -0.15) is 4.98 Å². The smallest absolute Gasteiger partial charge is 0.225 e. The van der Waals surface area contributed by atoms with E-state index in [1.165, 1.54) is 22.3 Å². The molecule has 3 aromatic heterocycles. The topological polar surface area (TPSA) is 41.9 Å². The molecular formula is C24H25ClN4S. The van der Waals surface area contributed by atoms with E-state index in [1.807, 2.05) is 12.4 Å². The number of halogens is 1. The minimum atomic E-state index is 0.295. The van der Waals surface area contributed by atoms with Gasteiger partial charge in [0.15, 0.2) is 0 Å². The van der Waals surface area contributed by atoms with Crippen LogP contribution in [-0.4, -0.2) is 28.0 Å². The molecular weight excluding hydrogens is 412 g/mol. The van der Waals surface area contributed by atoms with Crippen LogP contribution in [0.4, 0.5) is 5.82 Å². The predicted molar refractivity (Wildman–Crippen MR) is 128 cm³/mol. The van der Waals surface area contributed by atoms with Crippen LogP contribution in [0.15, 0.2) is 54.2 Å². The molecule has 6 heteroatoms. The second-order valence-corrected chi connectivity index (χ2v) is 8.80. The van der Waals surface area contributed by atoms with Gasteiger partial charge in [-0.05, 0) is 59.7 Å². The number of thiophene rings is 1. The molecule has 0 aliphatic rings. The van der Waals surface area contributed by atoms with Crippen LogP contribution in [0.2, 0.25) is 5.28 Å². The fourth-order valence-electron chi connectivity index (χ4n) is 3.61. The van der Waals surface area contributed by atoms with Crippen molar-refractivity contribution in [3.63, 3.8) is 0 Å². The van der Waals surface area contributed by atoms with Gasteiger partial charge in [0.25, 0.3) is 0 Å². The summed E-state index contributed by atoms with van der Waals surface area (Å²) in [5.41, 5.74) is 4.95. The van der Waals surface area contributed by atoms with E-state index in [1.54, 1.807) is 11.3 Å². The summed E-state index contributed by atoms with van der Waals surface area (Å²) in [5, 5.41) is 3.54. The number of nitrogens with zero attached hydrogens (tertiary/aromatic N) is 4. The highest BCUT2D eigenvalue weighted by atomic mass is 35.5. The number of aromatic nitrogens is 3. The maximum atomic E-state index is 6.30. The van der Waals surface area contributed by atoms with Gasteiger partial charge in [0.2, 0.25) is 5.28 Å². The molecule has 4 aromatic rings. The largest absolute Gasteiger partial charge is 0.356 e. The van der Waals surface area contributed by atoms with E-state index in [4.69, 9.17) is 11.6 Å². The fraction of sp³-hybridized carbons (Fsp3) is 0.292. The highest BCUT2D eigenvalue weighted by Gasteiger charge is 2.19. The molecule has 4 nitrogen and oxygen atoms in total. The molecule has 0 bridgehead atoms. The van der Waals surface area contributed by atoms with Crippen molar-refractivity contribution in [1.82, 2.24) is 15.0 Å². The quantitative estimate of drug-likeness (QED) is 0.306. The Morgan fingerprint density at radius 3 is 2.43 bits per heavy atom. The Kier molecular flexibility index (Phi) is 6.30. The molecule has 4 rings (SSSR count). The Morgan fingerprint density at radius 2 is 1.77 bits per heavy atom. The standard InChI is InChI=1S/C24H25ClN4S/c1-4-29(14-11-17-9-12-26-13-10-17)22-21-20(15-30-23(21)28-24(25)27-22)19-7-5-18(6-8-19)16(2)3/h5-10,12-13,15-16H,4,11,14H2,1-3H3. The first kappa shape index (κ1) is 20.8. The van der Waals surface area contributed by atoms with Crippen LogP contribution >= 0.6 is 22.9 Å². The lowest BCUT2D eigenvalue weighted by Gasteiger charge is -2.23. The highest BCUT2D eigenvalue weighted by molar-refractivity contribution is 7.17. The summed E-state index contributed by atoms with van der Waals surface area (Å²) in [4.78, 5) is 16.5. The van der Waals surface area contributed by atoms with Crippen LogP contribution in [0.5, 0.6) is 0 Å². The molecule has 0 aliphatic carbocycles. The summed E-state index contributed by atoms with van der Waals surface area (Å²) >= 11 is 7.92. The fourth-order valence-corrected chi connectivity index (χ4v) is 4.77. The van der Waals surface area contributed by atoms with E-state index in [2.05, 4.69) is 82.4 Å². The van der Waals surface area contributed by atoms with Gasteiger partial charge in [-0.1, -0.05) is 38.1 Å². The summed E-state index contributed by atoms with van der Waals surface area (Å²) in [6.07, 6.45) is 4.59. The molecule has 0 amide bonds. The van der Waals surface area contributed by atoms with Crippen LogP contribution in [0, 0.1) is 0 Å². The molecule has 0 atom stereocenters. The number of hydrogen-bond donors (Lipinski definition) is 0. The van der Waals surface area contributed by atoms with Gasteiger partial charge in [0.05, 0.1) is 5.39 Å². The third-order valence-corrected chi connectivity index (χ3v) is 6.42. The van der Waals surface area contributed by atoms with Gasteiger partial charge < -0.3 is 4.90 Å². The summed E-state index contributed by atoms with van der Waals surface area (Å²) in [7, 11) is 0. The number of likely N-dealkylation sites (N-methyl/N-ethyl adjacent to an activating group) is 1. The number of rotatable bonds is 7. The number of hydrogen-bond acceptors (Lipinski definition) is 5. The third kappa shape index (κ3) is 4.32. The second-order valence-electron chi connectivity index (χ2n) is 7.61. The zero-order valence-corrected chi connectivity index (χ0v) is 19.0. The first-order chi connectivity index (χ1) is 14.6. The van der Waals surface area contributed by atoms with Crippen molar-refractivity contribution in [2.24, 2.45) is 0 Å². The first-order valence-electron chi connectivity index (χ1n) is 10.3. The second kappa shape index (κ2) is 9.11. The summed E-state index contributed by atoms with van der Waals surface area (Å²) in [5.74, 6) is 1.42. The maximum absolute atomic E-state index is 6.30. The van der Waals surface area contributed by atoms with Crippen molar-refractivity contribution < 1.29 is 0 Å². The van der Waals surface area contributed by atoms with Crippen LogP contribution in [0.1, 0.15) is 37.8 Å². The summed E-state index contributed by atoms with van der Waals surface area (Å²) in [6, 6.07) is 12.9. The highest BCUT2D eigenvalue weighted by Crippen LogP contribution is 2.39. The summed E-state index contributed by atoms with van der Waals surface area (Å²) in [6.45, 7) is 8.27. The van der Waals surface area contributed by atoms with Gasteiger partial charge in [0.1, 0.15) is 10.6 Å². The molecule has 30 heavy (non-hydrogen) atoms. The lowest BCUT2D eigenvalue weighted by atomic mass is 9.99. The molecule has 3 heterocycles. The van der Waals surface area contributed by atoms with Gasteiger partial charge >= 0.3 is 0 Å². The van der Waals surface area contributed by atoms with E-state index < -0.39 is 0 Å². The van der Waals surface area contributed by atoms with E-state index in [0.29, 0.717) is 11.2 Å². The van der Waals surface area contributed by atoms with Gasteiger partial charge in [-0.25, -0.2) is 4.98 Å².